The summed E-state index contributed by atoms with van der Waals surface area (Å²) < 4.78 is 5.13. The van der Waals surface area contributed by atoms with E-state index in [2.05, 4.69) is 37.5 Å². The molecule has 0 bridgehead atoms. The average molecular weight is 368 g/mol. The summed E-state index contributed by atoms with van der Waals surface area (Å²) in [4.78, 5) is 19.0. The molecule has 5 nitrogen and oxygen atoms in total. The number of carbonyl (C=O) groups excluding carboxylic acids is 1. The van der Waals surface area contributed by atoms with Crippen molar-refractivity contribution in [3.8, 4) is 0 Å². The molecular formula is C21H41N3O2. The lowest BCUT2D eigenvalue weighted by Crippen LogP contribution is -2.56. The van der Waals surface area contributed by atoms with Gasteiger partial charge in [0.25, 0.3) is 0 Å². The Morgan fingerprint density at radius 3 is 1.69 bits per heavy atom. The van der Waals surface area contributed by atoms with E-state index < -0.39 is 0 Å². The molecule has 2 rings (SSSR count). The van der Waals surface area contributed by atoms with Gasteiger partial charge in [-0.3, -0.25) is 9.80 Å². The van der Waals surface area contributed by atoms with E-state index in [0.717, 1.165) is 26.2 Å². The van der Waals surface area contributed by atoms with Crippen LogP contribution in [0.1, 0.15) is 73.1 Å². The molecule has 2 aliphatic rings. The predicted octanol–water partition coefficient (Wildman–Crippen LogP) is 3.97. The van der Waals surface area contributed by atoms with Crippen molar-refractivity contribution in [3.05, 3.63) is 0 Å². The van der Waals surface area contributed by atoms with Gasteiger partial charge >= 0.3 is 6.09 Å². The van der Waals surface area contributed by atoms with E-state index in [9.17, 15) is 4.79 Å². The van der Waals surface area contributed by atoms with Crippen molar-refractivity contribution in [1.29, 1.82) is 0 Å². The van der Waals surface area contributed by atoms with Gasteiger partial charge in [0.05, 0.1) is 6.61 Å². The van der Waals surface area contributed by atoms with E-state index in [1.54, 1.807) is 0 Å². The number of hydrogen-bond donors (Lipinski definition) is 0. The second-order valence-electron chi connectivity index (χ2n) is 9.20. The molecule has 0 aromatic carbocycles. The standard InChI is InChI=1S/C21H41N3O2/c1-6-26-19(25)22-15-17-24(18-16-22)21(4,5)12-11-20(2,3)23-13-9-7-8-10-14-23/h6-18H2,1-5H3. The molecular weight excluding hydrogens is 326 g/mol. The number of ether oxygens (including phenoxy) is 1. The van der Waals surface area contributed by atoms with Crippen LogP contribution in [0.3, 0.4) is 0 Å². The Kier molecular flexibility index (Phi) is 7.77. The number of amides is 1. The molecule has 0 spiro atoms. The lowest BCUT2D eigenvalue weighted by atomic mass is 9.86. The predicted molar refractivity (Wildman–Crippen MR) is 108 cm³/mol. The highest BCUT2D eigenvalue weighted by Crippen LogP contribution is 2.30. The Balaban J connectivity index is 1.83. The van der Waals surface area contributed by atoms with Crippen molar-refractivity contribution in [2.75, 3.05) is 45.9 Å². The maximum atomic E-state index is 11.9. The van der Waals surface area contributed by atoms with E-state index in [0.29, 0.717) is 6.61 Å². The molecule has 0 radical (unpaired) electrons. The molecule has 0 saturated carbocycles. The number of carbonyl (C=O) groups is 1. The van der Waals surface area contributed by atoms with E-state index in [4.69, 9.17) is 4.74 Å². The first-order chi connectivity index (χ1) is 12.3. The van der Waals surface area contributed by atoms with Crippen molar-refractivity contribution in [2.24, 2.45) is 0 Å². The molecule has 2 heterocycles. The zero-order valence-corrected chi connectivity index (χ0v) is 17.9. The summed E-state index contributed by atoms with van der Waals surface area (Å²) in [6.07, 6.45) is 7.73. The van der Waals surface area contributed by atoms with Gasteiger partial charge in [0.1, 0.15) is 0 Å². The van der Waals surface area contributed by atoms with Gasteiger partial charge in [-0.1, -0.05) is 12.8 Å². The van der Waals surface area contributed by atoms with Crippen LogP contribution < -0.4 is 0 Å². The number of likely N-dealkylation sites (tertiary alicyclic amines) is 1. The third-order valence-electron chi connectivity index (χ3n) is 6.47. The summed E-state index contributed by atoms with van der Waals surface area (Å²) in [5, 5.41) is 0. The van der Waals surface area contributed by atoms with Crippen molar-refractivity contribution >= 4 is 6.09 Å². The van der Waals surface area contributed by atoms with Crippen LogP contribution in [0.15, 0.2) is 0 Å². The molecule has 2 saturated heterocycles. The SMILES string of the molecule is CCOC(=O)N1CCN(C(C)(C)CCC(C)(C)N2CCCCCC2)CC1. The molecule has 2 fully saturated rings. The highest BCUT2D eigenvalue weighted by Gasteiger charge is 2.35. The van der Waals surface area contributed by atoms with Crippen LogP contribution in [0.4, 0.5) is 4.79 Å². The zero-order chi connectivity index (χ0) is 19.2. The number of rotatable bonds is 6. The van der Waals surface area contributed by atoms with Gasteiger partial charge in [-0.25, -0.2) is 4.79 Å². The quantitative estimate of drug-likeness (QED) is 0.711. The second-order valence-corrected chi connectivity index (χ2v) is 9.20. The van der Waals surface area contributed by atoms with E-state index in [-0.39, 0.29) is 17.2 Å². The minimum absolute atomic E-state index is 0.160. The number of nitrogens with zero attached hydrogens (tertiary/aromatic N) is 3. The minimum Gasteiger partial charge on any atom is -0.450 e. The zero-order valence-electron chi connectivity index (χ0n) is 17.9. The summed E-state index contributed by atoms with van der Waals surface area (Å²) in [5.74, 6) is 0. The Hall–Kier alpha value is -0.810. The van der Waals surface area contributed by atoms with E-state index >= 15 is 0 Å². The lowest BCUT2D eigenvalue weighted by molar-refractivity contribution is 0.0259. The average Bonchev–Trinajstić information content (AvgIpc) is 2.91. The van der Waals surface area contributed by atoms with Crippen molar-refractivity contribution < 1.29 is 9.53 Å². The van der Waals surface area contributed by atoms with Crippen molar-refractivity contribution in [1.82, 2.24) is 14.7 Å². The normalized spacial score (nSPS) is 21.5. The number of hydrogen-bond acceptors (Lipinski definition) is 4. The van der Waals surface area contributed by atoms with Gasteiger partial charge in [-0.05, 0) is 73.4 Å². The van der Waals surface area contributed by atoms with Crippen LogP contribution in [0.5, 0.6) is 0 Å². The molecule has 0 unspecified atom stereocenters. The monoisotopic (exact) mass is 367 g/mol. The summed E-state index contributed by atoms with van der Waals surface area (Å²) in [7, 11) is 0. The van der Waals surface area contributed by atoms with Gasteiger partial charge < -0.3 is 9.64 Å². The smallest absolute Gasteiger partial charge is 0.409 e. The summed E-state index contributed by atoms with van der Waals surface area (Å²) in [5.41, 5.74) is 0.443. The topological polar surface area (TPSA) is 36.0 Å². The third kappa shape index (κ3) is 5.85. The van der Waals surface area contributed by atoms with E-state index in [1.165, 1.54) is 51.6 Å². The molecule has 152 valence electrons. The van der Waals surface area contributed by atoms with Crippen LogP contribution >= 0.6 is 0 Å². The Bertz CT molecular complexity index is 435. The summed E-state index contributed by atoms with van der Waals surface area (Å²) in [6, 6.07) is 0. The van der Waals surface area contributed by atoms with Gasteiger partial charge in [0.15, 0.2) is 0 Å². The molecule has 2 aliphatic heterocycles. The van der Waals surface area contributed by atoms with Gasteiger partial charge in [0.2, 0.25) is 0 Å². The maximum Gasteiger partial charge on any atom is 0.409 e. The van der Waals surface area contributed by atoms with Crippen LogP contribution in [-0.2, 0) is 4.74 Å². The molecule has 0 atom stereocenters. The van der Waals surface area contributed by atoms with Gasteiger partial charge in [-0.15, -0.1) is 0 Å². The maximum absolute atomic E-state index is 11.9. The molecule has 1 amide bonds. The van der Waals surface area contributed by atoms with Gasteiger partial charge in [-0.2, -0.15) is 0 Å². The molecule has 26 heavy (non-hydrogen) atoms. The first-order valence-electron chi connectivity index (χ1n) is 10.7. The molecule has 0 aromatic rings. The summed E-state index contributed by atoms with van der Waals surface area (Å²) >= 11 is 0. The Labute approximate surface area is 161 Å². The minimum atomic E-state index is -0.160. The highest BCUT2D eigenvalue weighted by molar-refractivity contribution is 5.67. The lowest BCUT2D eigenvalue weighted by Gasteiger charge is -2.46. The van der Waals surface area contributed by atoms with Crippen molar-refractivity contribution in [3.63, 3.8) is 0 Å². The second kappa shape index (κ2) is 9.41. The van der Waals surface area contributed by atoms with Crippen LogP contribution in [0, 0.1) is 0 Å². The van der Waals surface area contributed by atoms with Crippen LogP contribution in [0.25, 0.3) is 0 Å². The van der Waals surface area contributed by atoms with Crippen LogP contribution in [-0.4, -0.2) is 77.7 Å². The number of piperazine rings is 1. The fourth-order valence-electron chi connectivity index (χ4n) is 4.31. The third-order valence-corrected chi connectivity index (χ3v) is 6.47. The van der Waals surface area contributed by atoms with E-state index in [1.807, 2.05) is 11.8 Å². The Morgan fingerprint density at radius 2 is 1.23 bits per heavy atom. The Morgan fingerprint density at radius 1 is 0.769 bits per heavy atom. The summed E-state index contributed by atoms with van der Waals surface area (Å²) in [6.45, 7) is 17.8. The fraction of sp³-hybridized carbons (Fsp3) is 0.952. The molecule has 0 N–H and O–H groups in total. The van der Waals surface area contributed by atoms with Gasteiger partial charge in [0, 0.05) is 37.3 Å². The first-order valence-corrected chi connectivity index (χ1v) is 10.7. The largest absolute Gasteiger partial charge is 0.450 e. The molecule has 0 aromatic heterocycles. The molecule has 5 heteroatoms. The highest BCUT2D eigenvalue weighted by atomic mass is 16.6. The fourth-order valence-corrected chi connectivity index (χ4v) is 4.31. The molecule has 0 aliphatic carbocycles. The van der Waals surface area contributed by atoms with Crippen molar-refractivity contribution in [2.45, 2.75) is 84.2 Å². The van der Waals surface area contributed by atoms with Crippen LogP contribution in [0.2, 0.25) is 0 Å². The first kappa shape index (κ1) is 21.5.